The van der Waals surface area contributed by atoms with E-state index in [9.17, 15) is 0 Å². The van der Waals surface area contributed by atoms with Gasteiger partial charge >= 0.3 is 0 Å². The predicted molar refractivity (Wildman–Crippen MR) is 67.3 cm³/mol. The first kappa shape index (κ1) is 11.1. The quantitative estimate of drug-likeness (QED) is 0.855. The molecular weight excluding hydrogens is 198 g/mol. The molecule has 3 heteroatoms. The van der Waals surface area contributed by atoms with Gasteiger partial charge in [-0.25, -0.2) is 4.98 Å². The molecule has 0 saturated carbocycles. The summed E-state index contributed by atoms with van der Waals surface area (Å²) in [5, 5.41) is 0. The van der Waals surface area contributed by atoms with Crippen molar-refractivity contribution in [1.82, 2.24) is 9.55 Å². The van der Waals surface area contributed by atoms with E-state index >= 15 is 0 Å². The second kappa shape index (κ2) is 4.66. The minimum atomic E-state index is 0.580. The summed E-state index contributed by atoms with van der Waals surface area (Å²) >= 11 is 0. The van der Waals surface area contributed by atoms with Gasteiger partial charge in [0.15, 0.2) is 0 Å². The minimum absolute atomic E-state index is 0.580. The van der Waals surface area contributed by atoms with Gasteiger partial charge in [0.05, 0.1) is 11.0 Å². The Bertz CT molecular complexity index is 485. The SMILES string of the molecule is CCCCn1c(C)nc2cc(CN)ccc21. The van der Waals surface area contributed by atoms with Crippen molar-refractivity contribution in [2.75, 3.05) is 0 Å². The molecule has 0 radical (unpaired) electrons. The van der Waals surface area contributed by atoms with Gasteiger partial charge in [-0.3, -0.25) is 0 Å². The van der Waals surface area contributed by atoms with Crippen LogP contribution in [0.5, 0.6) is 0 Å². The Morgan fingerprint density at radius 3 is 2.88 bits per heavy atom. The van der Waals surface area contributed by atoms with Crippen LogP contribution in [-0.2, 0) is 13.1 Å². The highest BCUT2D eigenvalue weighted by Crippen LogP contribution is 2.18. The fraction of sp³-hybridized carbons (Fsp3) is 0.462. The number of hydrogen-bond donors (Lipinski definition) is 1. The van der Waals surface area contributed by atoms with Gasteiger partial charge in [-0.05, 0) is 31.0 Å². The number of aryl methyl sites for hydroxylation is 2. The molecule has 86 valence electrons. The monoisotopic (exact) mass is 217 g/mol. The molecule has 1 aromatic heterocycles. The van der Waals surface area contributed by atoms with Crippen molar-refractivity contribution in [2.24, 2.45) is 5.73 Å². The van der Waals surface area contributed by atoms with E-state index in [0.717, 1.165) is 23.4 Å². The molecule has 0 saturated heterocycles. The molecule has 3 nitrogen and oxygen atoms in total. The predicted octanol–water partition coefficient (Wildman–Crippen LogP) is 2.60. The zero-order valence-corrected chi connectivity index (χ0v) is 10.0. The van der Waals surface area contributed by atoms with Crippen LogP contribution < -0.4 is 5.73 Å². The molecule has 0 amide bonds. The molecule has 2 rings (SSSR count). The van der Waals surface area contributed by atoms with Crippen molar-refractivity contribution in [1.29, 1.82) is 0 Å². The zero-order valence-electron chi connectivity index (χ0n) is 10.0. The van der Waals surface area contributed by atoms with Crippen LogP contribution in [0.3, 0.4) is 0 Å². The zero-order chi connectivity index (χ0) is 11.5. The second-order valence-electron chi connectivity index (χ2n) is 4.19. The molecule has 2 aromatic rings. The molecule has 0 atom stereocenters. The molecule has 1 aromatic carbocycles. The molecule has 0 unspecified atom stereocenters. The maximum Gasteiger partial charge on any atom is 0.106 e. The fourth-order valence-corrected chi connectivity index (χ4v) is 2.02. The van der Waals surface area contributed by atoms with Crippen LogP contribution in [0.15, 0.2) is 18.2 Å². The third kappa shape index (κ3) is 1.95. The molecule has 0 fully saturated rings. The first-order chi connectivity index (χ1) is 7.76. The lowest BCUT2D eigenvalue weighted by Crippen LogP contribution is -2.00. The third-order valence-electron chi connectivity index (χ3n) is 2.97. The highest BCUT2D eigenvalue weighted by atomic mass is 15.1. The minimum Gasteiger partial charge on any atom is -0.328 e. The molecule has 1 heterocycles. The van der Waals surface area contributed by atoms with Crippen molar-refractivity contribution >= 4 is 11.0 Å². The first-order valence-corrected chi connectivity index (χ1v) is 5.92. The van der Waals surface area contributed by atoms with Crippen molar-refractivity contribution in [3.8, 4) is 0 Å². The van der Waals surface area contributed by atoms with Crippen LogP contribution in [0, 0.1) is 6.92 Å². The molecular formula is C13H19N3. The summed E-state index contributed by atoms with van der Waals surface area (Å²) < 4.78 is 2.29. The Kier molecular flexibility index (Phi) is 3.25. The summed E-state index contributed by atoms with van der Waals surface area (Å²) in [6, 6.07) is 6.31. The molecule has 16 heavy (non-hydrogen) atoms. The summed E-state index contributed by atoms with van der Waals surface area (Å²) in [5.74, 6) is 1.10. The van der Waals surface area contributed by atoms with Crippen LogP contribution in [-0.4, -0.2) is 9.55 Å². The number of fused-ring (bicyclic) bond motifs is 1. The van der Waals surface area contributed by atoms with Crippen LogP contribution in [0.25, 0.3) is 11.0 Å². The van der Waals surface area contributed by atoms with Crippen molar-refractivity contribution in [2.45, 2.75) is 39.8 Å². The maximum atomic E-state index is 5.63. The smallest absolute Gasteiger partial charge is 0.106 e. The maximum absolute atomic E-state index is 5.63. The van der Waals surface area contributed by atoms with Crippen molar-refractivity contribution in [3.63, 3.8) is 0 Å². The lowest BCUT2D eigenvalue weighted by Gasteiger charge is -2.05. The number of imidazole rings is 1. The van der Waals surface area contributed by atoms with E-state index in [1.165, 1.54) is 18.4 Å². The highest BCUT2D eigenvalue weighted by molar-refractivity contribution is 5.76. The normalized spacial score (nSPS) is 11.2. The van der Waals surface area contributed by atoms with Crippen LogP contribution in [0.1, 0.15) is 31.2 Å². The van der Waals surface area contributed by atoms with Crippen molar-refractivity contribution in [3.05, 3.63) is 29.6 Å². The Morgan fingerprint density at radius 2 is 2.19 bits per heavy atom. The van der Waals surface area contributed by atoms with Gasteiger partial charge in [0.1, 0.15) is 5.82 Å². The van der Waals surface area contributed by atoms with Gasteiger partial charge in [0.2, 0.25) is 0 Å². The van der Waals surface area contributed by atoms with Gasteiger partial charge in [-0.1, -0.05) is 19.4 Å². The van der Waals surface area contributed by atoms with Crippen LogP contribution >= 0.6 is 0 Å². The summed E-state index contributed by atoms with van der Waals surface area (Å²) in [6.45, 7) is 5.91. The molecule has 0 aliphatic rings. The van der Waals surface area contributed by atoms with Gasteiger partial charge in [0, 0.05) is 13.1 Å². The Hall–Kier alpha value is -1.35. The Morgan fingerprint density at radius 1 is 1.38 bits per heavy atom. The van der Waals surface area contributed by atoms with E-state index < -0.39 is 0 Å². The second-order valence-corrected chi connectivity index (χ2v) is 4.19. The van der Waals surface area contributed by atoms with Gasteiger partial charge in [0.25, 0.3) is 0 Å². The van der Waals surface area contributed by atoms with E-state index in [1.807, 2.05) is 0 Å². The van der Waals surface area contributed by atoms with Crippen LogP contribution in [0.2, 0.25) is 0 Å². The average molecular weight is 217 g/mol. The summed E-state index contributed by atoms with van der Waals surface area (Å²) in [7, 11) is 0. The lowest BCUT2D eigenvalue weighted by molar-refractivity contribution is 0.631. The van der Waals surface area contributed by atoms with Gasteiger partial charge in [-0.15, -0.1) is 0 Å². The topological polar surface area (TPSA) is 43.8 Å². The summed E-state index contributed by atoms with van der Waals surface area (Å²) in [5.41, 5.74) is 9.07. The lowest BCUT2D eigenvalue weighted by atomic mass is 10.2. The number of unbranched alkanes of at least 4 members (excludes halogenated alkanes) is 1. The third-order valence-corrected chi connectivity index (χ3v) is 2.97. The fourth-order valence-electron chi connectivity index (χ4n) is 2.02. The Balaban J connectivity index is 2.45. The average Bonchev–Trinajstić information content (AvgIpc) is 2.61. The number of hydrogen-bond acceptors (Lipinski definition) is 2. The summed E-state index contributed by atoms with van der Waals surface area (Å²) in [6.07, 6.45) is 2.41. The van der Waals surface area contributed by atoms with E-state index in [4.69, 9.17) is 5.73 Å². The standard InChI is InChI=1S/C13H19N3/c1-3-4-7-16-10(2)15-12-8-11(9-14)5-6-13(12)16/h5-6,8H,3-4,7,9,14H2,1-2H3. The van der Waals surface area contributed by atoms with E-state index in [0.29, 0.717) is 6.54 Å². The Labute approximate surface area is 96.3 Å². The van der Waals surface area contributed by atoms with Gasteiger partial charge < -0.3 is 10.3 Å². The molecule has 0 aliphatic carbocycles. The van der Waals surface area contributed by atoms with E-state index in [1.54, 1.807) is 0 Å². The summed E-state index contributed by atoms with van der Waals surface area (Å²) in [4.78, 5) is 4.58. The molecule has 0 bridgehead atoms. The molecule has 0 aliphatic heterocycles. The molecule has 0 spiro atoms. The molecule has 2 N–H and O–H groups in total. The van der Waals surface area contributed by atoms with Crippen molar-refractivity contribution < 1.29 is 0 Å². The number of benzene rings is 1. The number of aromatic nitrogens is 2. The number of rotatable bonds is 4. The first-order valence-electron chi connectivity index (χ1n) is 5.92. The van der Waals surface area contributed by atoms with Gasteiger partial charge in [-0.2, -0.15) is 0 Å². The highest BCUT2D eigenvalue weighted by Gasteiger charge is 2.06. The largest absolute Gasteiger partial charge is 0.328 e. The van der Waals surface area contributed by atoms with E-state index in [2.05, 4.69) is 41.6 Å². The van der Waals surface area contributed by atoms with E-state index in [-0.39, 0.29) is 0 Å². The van der Waals surface area contributed by atoms with Crippen LogP contribution in [0.4, 0.5) is 0 Å². The number of nitrogens with zero attached hydrogens (tertiary/aromatic N) is 2. The number of nitrogens with two attached hydrogens (primary N) is 1.